The van der Waals surface area contributed by atoms with E-state index in [-0.39, 0.29) is 18.3 Å². The van der Waals surface area contributed by atoms with Crippen LogP contribution in [0.15, 0.2) is 36.4 Å². The van der Waals surface area contributed by atoms with Gasteiger partial charge in [0.15, 0.2) is 0 Å². The average molecular weight is 469 g/mol. The van der Waals surface area contributed by atoms with Gasteiger partial charge in [-0.3, -0.25) is 9.69 Å². The number of carbonyl (C=O) groups is 2. The SMILES string of the molecule is O=C(O)c1ccc(OCCN2CCC3(CC2)C(=O)Nc2ccc(Cl)cc23)cc1C(F)(F)F. The number of likely N-dealkylation sites (tertiary alicyclic amines) is 1. The first-order valence-electron chi connectivity index (χ1n) is 10.0. The third kappa shape index (κ3) is 4.14. The molecule has 0 aliphatic carbocycles. The zero-order valence-corrected chi connectivity index (χ0v) is 17.6. The van der Waals surface area contributed by atoms with Crippen LogP contribution in [0, 0.1) is 0 Å². The van der Waals surface area contributed by atoms with E-state index < -0.39 is 28.7 Å². The quantitative estimate of drug-likeness (QED) is 0.679. The fourth-order valence-electron chi connectivity index (χ4n) is 4.37. The molecule has 4 rings (SSSR count). The molecule has 1 saturated heterocycles. The number of carboxylic acids is 1. The van der Waals surface area contributed by atoms with Gasteiger partial charge in [-0.2, -0.15) is 13.2 Å². The maximum Gasteiger partial charge on any atom is 0.417 e. The molecule has 32 heavy (non-hydrogen) atoms. The highest BCUT2D eigenvalue weighted by Gasteiger charge is 2.48. The number of nitrogens with zero attached hydrogens (tertiary/aromatic N) is 1. The first kappa shape index (κ1) is 22.4. The minimum absolute atomic E-state index is 0.0381. The number of alkyl halides is 3. The molecule has 0 atom stereocenters. The predicted molar refractivity (Wildman–Crippen MR) is 111 cm³/mol. The molecule has 0 aromatic heterocycles. The number of hydrogen-bond acceptors (Lipinski definition) is 4. The van der Waals surface area contributed by atoms with Gasteiger partial charge in [0.05, 0.1) is 16.5 Å². The van der Waals surface area contributed by atoms with E-state index >= 15 is 0 Å². The number of hydrogen-bond donors (Lipinski definition) is 2. The Morgan fingerprint density at radius 2 is 1.91 bits per heavy atom. The molecule has 0 unspecified atom stereocenters. The van der Waals surface area contributed by atoms with Crippen LogP contribution in [0.1, 0.15) is 34.3 Å². The summed E-state index contributed by atoms with van der Waals surface area (Å²) in [6.07, 6.45) is -3.61. The lowest BCUT2D eigenvalue weighted by atomic mass is 9.73. The van der Waals surface area contributed by atoms with Crippen LogP contribution in [0.3, 0.4) is 0 Å². The molecule has 2 N–H and O–H groups in total. The smallest absolute Gasteiger partial charge is 0.417 e. The van der Waals surface area contributed by atoms with Gasteiger partial charge in [-0.05, 0) is 67.9 Å². The Balaban J connectivity index is 1.36. The van der Waals surface area contributed by atoms with E-state index in [2.05, 4.69) is 10.2 Å². The van der Waals surface area contributed by atoms with Crippen molar-refractivity contribution in [2.75, 3.05) is 31.6 Å². The zero-order chi connectivity index (χ0) is 23.1. The maximum atomic E-state index is 13.1. The van der Waals surface area contributed by atoms with Crippen LogP contribution < -0.4 is 10.1 Å². The summed E-state index contributed by atoms with van der Waals surface area (Å²) < 4.78 is 44.9. The Bertz CT molecular complexity index is 1070. The molecule has 1 fully saturated rings. The minimum atomic E-state index is -4.80. The van der Waals surface area contributed by atoms with Crippen molar-refractivity contribution in [3.63, 3.8) is 0 Å². The van der Waals surface area contributed by atoms with Gasteiger partial charge in [-0.1, -0.05) is 11.6 Å². The number of halogens is 4. The van der Waals surface area contributed by atoms with Crippen LogP contribution in [0.2, 0.25) is 5.02 Å². The van der Waals surface area contributed by atoms with Gasteiger partial charge < -0.3 is 15.2 Å². The van der Waals surface area contributed by atoms with Crippen molar-refractivity contribution in [2.45, 2.75) is 24.4 Å². The van der Waals surface area contributed by atoms with Crippen LogP contribution >= 0.6 is 11.6 Å². The first-order valence-corrected chi connectivity index (χ1v) is 10.4. The van der Waals surface area contributed by atoms with E-state index in [0.29, 0.717) is 43.6 Å². The lowest BCUT2D eigenvalue weighted by Gasteiger charge is -2.38. The van der Waals surface area contributed by atoms with E-state index in [1.807, 2.05) is 6.07 Å². The molecule has 0 bridgehead atoms. The lowest BCUT2D eigenvalue weighted by molar-refractivity contribution is -0.138. The summed E-state index contributed by atoms with van der Waals surface area (Å²) in [4.78, 5) is 25.8. The highest BCUT2D eigenvalue weighted by atomic mass is 35.5. The van der Waals surface area contributed by atoms with Crippen LogP contribution in [0.25, 0.3) is 0 Å². The Labute approximate surface area is 186 Å². The molecule has 2 heterocycles. The molecule has 0 radical (unpaired) electrons. The summed E-state index contributed by atoms with van der Waals surface area (Å²) in [7, 11) is 0. The second kappa shape index (κ2) is 8.29. The van der Waals surface area contributed by atoms with E-state index in [4.69, 9.17) is 21.4 Å². The fourth-order valence-corrected chi connectivity index (χ4v) is 4.54. The highest BCUT2D eigenvalue weighted by molar-refractivity contribution is 6.31. The molecule has 0 saturated carbocycles. The van der Waals surface area contributed by atoms with Crippen molar-refractivity contribution in [1.82, 2.24) is 4.90 Å². The van der Waals surface area contributed by atoms with Crippen LogP contribution in [0.4, 0.5) is 18.9 Å². The Kier molecular flexibility index (Phi) is 5.81. The summed E-state index contributed by atoms with van der Waals surface area (Å²) in [5.41, 5.74) is -0.995. The number of carboxylic acid groups (broad SMARTS) is 1. The van der Waals surface area contributed by atoms with E-state index in [1.54, 1.807) is 12.1 Å². The van der Waals surface area contributed by atoms with Crippen LogP contribution in [0.5, 0.6) is 5.75 Å². The van der Waals surface area contributed by atoms with Gasteiger partial charge in [0.1, 0.15) is 12.4 Å². The number of carbonyl (C=O) groups excluding carboxylic acids is 1. The molecular formula is C22H20ClF3N2O4. The second-order valence-electron chi connectivity index (χ2n) is 7.93. The van der Waals surface area contributed by atoms with E-state index in [0.717, 1.165) is 17.3 Å². The number of ether oxygens (including phenoxy) is 1. The number of anilines is 1. The number of benzene rings is 2. The van der Waals surface area contributed by atoms with Crippen molar-refractivity contribution in [2.24, 2.45) is 0 Å². The third-order valence-corrected chi connectivity index (χ3v) is 6.33. The lowest BCUT2D eigenvalue weighted by Crippen LogP contribution is -2.47. The molecule has 2 aliphatic rings. The molecule has 1 spiro atoms. The Morgan fingerprint density at radius 3 is 2.56 bits per heavy atom. The third-order valence-electron chi connectivity index (χ3n) is 6.09. The van der Waals surface area contributed by atoms with Gasteiger partial charge in [0.2, 0.25) is 5.91 Å². The fraction of sp³-hybridized carbons (Fsp3) is 0.364. The monoisotopic (exact) mass is 468 g/mol. The summed E-state index contributed by atoms with van der Waals surface area (Å²) >= 11 is 6.13. The second-order valence-corrected chi connectivity index (χ2v) is 8.36. The number of fused-ring (bicyclic) bond motifs is 2. The number of aromatic carboxylic acids is 1. The largest absolute Gasteiger partial charge is 0.492 e. The van der Waals surface area contributed by atoms with Crippen molar-refractivity contribution in [3.8, 4) is 5.75 Å². The molecule has 6 nitrogen and oxygen atoms in total. The van der Waals surface area contributed by atoms with E-state index in [9.17, 15) is 22.8 Å². The number of piperidine rings is 1. The number of rotatable bonds is 5. The van der Waals surface area contributed by atoms with Crippen LogP contribution in [-0.2, 0) is 16.4 Å². The van der Waals surface area contributed by atoms with Gasteiger partial charge >= 0.3 is 12.1 Å². The van der Waals surface area contributed by atoms with Gasteiger partial charge in [0.25, 0.3) is 0 Å². The Morgan fingerprint density at radius 1 is 1.19 bits per heavy atom. The summed E-state index contributed by atoms with van der Waals surface area (Å²) in [6, 6.07) is 8.18. The van der Waals surface area contributed by atoms with Crippen molar-refractivity contribution in [1.29, 1.82) is 0 Å². The summed E-state index contributed by atoms with van der Waals surface area (Å²) in [5.74, 6) is -1.73. The van der Waals surface area contributed by atoms with Gasteiger partial charge in [-0.15, -0.1) is 0 Å². The maximum absolute atomic E-state index is 13.1. The standard InChI is InChI=1S/C22H20ClF3N2O4/c23-13-1-4-18-17(11-13)21(20(31)27-18)5-7-28(8-6-21)9-10-32-14-2-3-15(19(29)30)16(12-14)22(24,25)26/h1-4,11-12H,5-10H2,(H,27,31)(H,29,30). The number of amides is 1. The number of nitrogens with one attached hydrogen (secondary N) is 1. The van der Waals surface area contributed by atoms with E-state index in [1.165, 1.54) is 6.07 Å². The van der Waals surface area contributed by atoms with Crippen molar-refractivity contribution in [3.05, 3.63) is 58.1 Å². The predicted octanol–water partition coefficient (Wildman–Crippen LogP) is 4.42. The molecule has 2 aliphatic heterocycles. The molecule has 2 aromatic rings. The van der Waals surface area contributed by atoms with Crippen molar-refractivity contribution < 1.29 is 32.6 Å². The minimum Gasteiger partial charge on any atom is -0.492 e. The Hall–Kier alpha value is -2.78. The van der Waals surface area contributed by atoms with Crippen molar-refractivity contribution >= 4 is 29.2 Å². The highest BCUT2D eigenvalue weighted by Crippen LogP contribution is 2.45. The van der Waals surface area contributed by atoms with Crippen LogP contribution in [-0.4, -0.2) is 48.1 Å². The molecular weight excluding hydrogens is 449 g/mol. The van der Waals surface area contributed by atoms with Gasteiger partial charge in [-0.25, -0.2) is 4.79 Å². The van der Waals surface area contributed by atoms with Gasteiger partial charge in [0, 0.05) is 17.3 Å². The molecule has 170 valence electrons. The topological polar surface area (TPSA) is 78.9 Å². The summed E-state index contributed by atoms with van der Waals surface area (Å²) in [6.45, 7) is 1.83. The molecule has 1 amide bonds. The molecule has 2 aromatic carbocycles. The molecule has 10 heteroatoms. The zero-order valence-electron chi connectivity index (χ0n) is 16.8. The normalized spacial score (nSPS) is 17.8. The summed E-state index contributed by atoms with van der Waals surface area (Å²) in [5, 5.41) is 12.5. The average Bonchev–Trinajstić information content (AvgIpc) is 2.99. The first-order chi connectivity index (χ1) is 15.1.